The summed E-state index contributed by atoms with van der Waals surface area (Å²) in [4.78, 5) is 27.0. The van der Waals surface area contributed by atoms with Crippen molar-refractivity contribution in [2.75, 3.05) is 13.2 Å². The molecule has 0 aromatic heterocycles. The molecule has 2 rings (SSSR count). The maximum atomic E-state index is 12.9. The Hall–Kier alpha value is -2.53. The Labute approximate surface area is 178 Å². The third kappa shape index (κ3) is 7.42. The van der Waals surface area contributed by atoms with Crippen LogP contribution in [0.4, 0.5) is 0 Å². The highest BCUT2D eigenvalue weighted by Gasteiger charge is 2.26. The van der Waals surface area contributed by atoms with Crippen LogP contribution in [-0.2, 0) is 16.1 Å². The molecule has 6 heteroatoms. The Morgan fingerprint density at radius 2 is 1.76 bits per heavy atom. The lowest BCUT2D eigenvalue weighted by Crippen LogP contribution is -2.49. The number of aryl methyl sites for hydroxylation is 1. The van der Waals surface area contributed by atoms with Crippen molar-refractivity contribution in [3.05, 3.63) is 64.7 Å². The minimum Gasteiger partial charge on any atom is -0.484 e. The van der Waals surface area contributed by atoms with Crippen molar-refractivity contribution < 1.29 is 14.3 Å². The number of nitrogens with one attached hydrogen (secondary N) is 1. The first kappa shape index (κ1) is 22.8. The van der Waals surface area contributed by atoms with Gasteiger partial charge in [0.2, 0.25) is 5.91 Å². The average molecular weight is 417 g/mol. The van der Waals surface area contributed by atoms with Gasteiger partial charge in [-0.25, -0.2) is 0 Å². The van der Waals surface area contributed by atoms with Crippen LogP contribution in [0, 0.1) is 6.92 Å². The third-order valence-corrected chi connectivity index (χ3v) is 4.90. The van der Waals surface area contributed by atoms with Crippen molar-refractivity contribution in [3.63, 3.8) is 0 Å². The second kappa shape index (κ2) is 11.5. The number of rotatable bonds is 10. The Bertz CT molecular complexity index is 791. The molecule has 2 amide bonds. The number of carbonyl (C=O) groups excluding carboxylic acids is 2. The summed E-state index contributed by atoms with van der Waals surface area (Å²) in [5.74, 6) is 0.141. The molecule has 156 valence electrons. The van der Waals surface area contributed by atoms with E-state index in [4.69, 9.17) is 16.3 Å². The van der Waals surface area contributed by atoms with E-state index in [2.05, 4.69) is 12.2 Å². The molecular formula is C23H29ClN2O3. The number of hydrogen-bond acceptors (Lipinski definition) is 3. The lowest BCUT2D eigenvalue weighted by Gasteiger charge is -2.28. The van der Waals surface area contributed by atoms with Gasteiger partial charge in [-0.1, -0.05) is 54.8 Å². The lowest BCUT2D eigenvalue weighted by molar-refractivity contribution is -0.142. The molecule has 0 aliphatic heterocycles. The number of benzene rings is 2. The first-order valence-corrected chi connectivity index (χ1v) is 10.3. The fraction of sp³-hybridized carbons (Fsp3) is 0.391. The maximum Gasteiger partial charge on any atom is 0.261 e. The monoisotopic (exact) mass is 416 g/mol. The van der Waals surface area contributed by atoms with Gasteiger partial charge < -0.3 is 15.0 Å². The predicted molar refractivity (Wildman–Crippen MR) is 116 cm³/mol. The van der Waals surface area contributed by atoms with E-state index in [1.807, 2.05) is 31.2 Å². The summed E-state index contributed by atoms with van der Waals surface area (Å²) in [6.45, 7) is 6.61. The summed E-state index contributed by atoms with van der Waals surface area (Å²) >= 11 is 5.88. The van der Waals surface area contributed by atoms with Gasteiger partial charge in [0, 0.05) is 18.1 Å². The van der Waals surface area contributed by atoms with Gasteiger partial charge >= 0.3 is 0 Å². The van der Waals surface area contributed by atoms with Crippen LogP contribution < -0.4 is 10.1 Å². The summed E-state index contributed by atoms with van der Waals surface area (Å²) < 4.78 is 5.61. The van der Waals surface area contributed by atoms with Crippen LogP contribution in [-0.4, -0.2) is 35.9 Å². The minimum atomic E-state index is -0.602. The molecule has 0 aliphatic carbocycles. The van der Waals surface area contributed by atoms with Crippen LogP contribution in [0.2, 0.25) is 5.02 Å². The molecule has 0 radical (unpaired) electrons. The molecule has 0 bridgehead atoms. The van der Waals surface area contributed by atoms with Crippen LogP contribution in [0.1, 0.15) is 37.8 Å². The minimum absolute atomic E-state index is 0.153. The third-order valence-electron chi connectivity index (χ3n) is 4.65. The van der Waals surface area contributed by atoms with Gasteiger partial charge in [0.25, 0.3) is 5.91 Å². The summed E-state index contributed by atoms with van der Waals surface area (Å²) in [5, 5.41) is 3.50. The number of hydrogen-bond donors (Lipinski definition) is 1. The standard InChI is InChI=1S/C23H29ClN2O3/c1-4-5-14-25-23(28)18(3)26(15-19-8-6-17(2)7-9-19)22(27)16-29-21-12-10-20(24)11-13-21/h6-13,18H,4-5,14-16H2,1-3H3,(H,25,28). The number of amides is 2. The van der Waals surface area contributed by atoms with Gasteiger partial charge in [0.05, 0.1) is 0 Å². The van der Waals surface area contributed by atoms with Crippen LogP contribution in [0.25, 0.3) is 0 Å². The normalized spacial score (nSPS) is 11.6. The molecule has 1 unspecified atom stereocenters. The molecule has 5 nitrogen and oxygen atoms in total. The van der Waals surface area contributed by atoms with E-state index < -0.39 is 6.04 Å². The number of carbonyl (C=O) groups is 2. The summed E-state index contributed by atoms with van der Waals surface area (Å²) in [5.41, 5.74) is 2.10. The second-order valence-electron chi connectivity index (χ2n) is 7.07. The highest BCUT2D eigenvalue weighted by atomic mass is 35.5. The molecular weight excluding hydrogens is 388 g/mol. The quantitative estimate of drug-likeness (QED) is 0.585. The van der Waals surface area contributed by atoms with E-state index >= 15 is 0 Å². The average Bonchev–Trinajstić information content (AvgIpc) is 2.72. The SMILES string of the molecule is CCCCNC(=O)C(C)N(Cc1ccc(C)cc1)C(=O)COc1ccc(Cl)cc1. The van der Waals surface area contributed by atoms with Crippen molar-refractivity contribution in [1.29, 1.82) is 0 Å². The summed E-state index contributed by atoms with van der Waals surface area (Å²) in [6, 6.07) is 14.2. The van der Waals surface area contributed by atoms with Crippen LogP contribution in [0.15, 0.2) is 48.5 Å². The van der Waals surface area contributed by atoms with Crippen LogP contribution in [0.3, 0.4) is 0 Å². The maximum absolute atomic E-state index is 12.9. The van der Waals surface area contributed by atoms with Gasteiger partial charge in [0.15, 0.2) is 6.61 Å². The highest BCUT2D eigenvalue weighted by Crippen LogP contribution is 2.16. The van der Waals surface area contributed by atoms with Crippen molar-refractivity contribution in [2.24, 2.45) is 0 Å². The van der Waals surface area contributed by atoms with Gasteiger partial charge in [-0.05, 0) is 50.1 Å². The largest absolute Gasteiger partial charge is 0.484 e. The van der Waals surface area contributed by atoms with Crippen LogP contribution in [0.5, 0.6) is 5.75 Å². The molecule has 0 spiro atoms. The van der Waals surface area contributed by atoms with E-state index in [9.17, 15) is 9.59 Å². The predicted octanol–water partition coefficient (Wildman–Crippen LogP) is 4.36. The first-order valence-electron chi connectivity index (χ1n) is 9.91. The molecule has 0 heterocycles. The highest BCUT2D eigenvalue weighted by molar-refractivity contribution is 6.30. The van der Waals surface area contributed by atoms with E-state index in [0.29, 0.717) is 23.9 Å². The van der Waals surface area contributed by atoms with Crippen LogP contribution >= 0.6 is 11.6 Å². The van der Waals surface area contributed by atoms with Gasteiger partial charge in [-0.3, -0.25) is 9.59 Å². The zero-order valence-electron chi connectivity index (χ0n) is 17.3. The molecule has 29 heavy (non-hydrogen) atoms. The Morgan fingerprint density at radius 1 is 1.10 bits per heavy atom. The molecule has 1 N–H and O–H groups in total. The van der Waals surface area contributed by atoms with Gasteiger partial charge in [-0.2, -0.15) is 0 Å². The molecule has 2 aromatic rings. The molecule has 2 aromatic carbocycles. The smallest absolute Gasteiger partial charge is 0.261 e. The topological polar surface area (TPSA) is 58.6 Å². The van der Waals surface area contributed by atoms with E-state index in [-0.39, 0.29) is 18.4 Å². The number of halogens is 1. The van der Waals surface area contributed by atoms with E-state index in [0.717, 1.165) is 24.0 Å². The molecule has 0 saturated carbocycles. The van der Waals surface area contributed by atoms with Crippen molar-refractivity contribution >= 4 is 23.4 Å². The molecule has 0 aliphatic rings. The van der Waals surface area contributed by atoms with E-state index in [1.54, 1.807) is 36.1 Å². The summed E-state index contributed by atoms with van der Waals surface area (Å²) in [7, 11) is 0. The molecule has 0 saturated heterocycles. The fourth-order valence-electron chi connectivity index (χ4n) is 2.77. The van der Waals surface area contributed by atoms with E-state index in [1.165, 1.54) is 0 Å². The van der Waals surface area contributed by atoms with Gasteiger partial charge in [0.1, 0.15) is 11.8 Å². The summed E-state index contributed by atoms with van der Waals surface area (Å²) in [6.07, 6.45) is 1.90. The van der Waals surface area contributed by atoms with Gasteiger partial charge in [-0.15, -0.1) is 0 Å². The van der Waals surface area contributed by atoms with Crippen molar-refractivity contribution in [2.45, 2.75) is 46.2 Å². The Balaban J connectivity index is 2.08. The Kier molecular flexibility index (Phi) is 9.00. The molecule has 0 fully saturated rings. The number of ether oxygens (including phenoxy) is 1. The second-order valence-corrected chi connectivity index (χ2v) is 7.51. The number of unbranched alkanes of at least 4 members (excludes halogenated alkanes) is 1. The van der Waals surface area contributed by atoms with Crippen molar-refractivity contribution in [1.82, 2.24) is 10.2 Å². The zero-order valence-corrected chi connectivity index (χ0v) is 18.0. The molecule has 1 atom stereocenters. The fourth-order valence-corrected chi connectivity index (χ4v) is 2.89. The Morgan fingerprint density at radius 3 is 2.38 bits per heavy atom. The number of nitrogens with zero attached hydrogens (tertiary/aromatic N) is 1. The zero-order chi connectivity index (χ0) is 21.2. The van der Waals surface area contributed by atoms with Crippen molar-refractivity contribution in [3.8, 4) is 5.75 Å². The first-order chi connectivity index (χ1) is 13.9. The lowest BCUT2D eigenvalue weighted by atomic mass is 10.1.